The summed E-state index contributed by atoms with van der Waals surface area (Å²) in [6, 6.07) is 16.6. The molecule has 2 aromatic rings. The Kier molecular flexibility index (Phi) is 5.75. The minimum Gasteiger partial charge on any atom is -0.496 e. The zero-order valence-electron chi connectivity index (χ0n) is 13.9. The van der Waals surface area contributed by atoms with Crippen LogP contribution in [0.25, 0.3) is 11.6 Å². The monoisotopic (exact) mass is 321 g/mol. The molecule has 0 amide bonds. The Morgan fingerprint density at radius 3 is 2.58 bits per heavy atom. The van der Waals surface area contributed by atoms with E-state index in [9.17, 15) is 10.1 Å². The molecular weight excluding hydrogens is 302 g/mol. The molecule has 0 unspecified atom stereocenters. The average molecular weight is 321 g/mol. The molecule has 0 radical (unpaired) electrons. The van der Waals surface area contributed by atoms with Crippen molar-refractivity contribution >= 4 is 17.6 Å². The van der Waals surface area contributed by atoms with E-state index in [0.29, 0.717) is 22.6 Å². The first-order chi connectivity index (χ1) is 11.5. The van der Waals surface area contributed by atoms with Crippen molar-refractivity contribution in [3.05, 3.63) is 59.7 Å². The lowest BCUT2D eigenvalue weighted by molar-refractivity contribution is -0.137. The van der Waals surface area contributed by atoms with Crippen molar-refractivity contribution in [2.75, 3.05) is 7.11 Å². The number of rotatable bonds is 5. The molecule has 122 valence electrons. The summed E-state index contributed by atoms with van der Waals surface area (Å²) < 4.78 is 10.6. The lowest BCUT2D eigenvalue weighted by Gasteiger charge is -2.08. The fraction of sp³-hybridized carbons (Fsp3) is 0.200. The highest BCUT2D eigenvalue weighted by molar-refractivity contribution is 5.91. The molecule has 0 aliphatic rings. The first-order valence-electron chi connectivity index (χ1n) is 7.62. The Balaban J connectivity index is 2.35. The van der Waals surface area contributed by atoms with Gasteiger partial charge < -0.3 is 9.47 Å². The molecule has 2 rings (SSSR count). The largest absolute Gasteiger partial charge is 0.496 e. The third-order valence-electron chi connectivity index (χ3n) is 3.38. The van der Waals surface area contributed by atoms with E-state index in [1.54, 1.807) is 51.3 Å². The lowest BCUT2D eigenvalue weighted by atomic mass is 10.0. The van der Waals surface area contributed by atoms with Crippen LogP contribution in [0.3, 0.4) is 0 Å². The van der Waals surface area contributed by atoms with Crippen LogP contribution in [0, 0.1) is 17.2 Å². The summed E-state index contributed by atoms with van der Waals surface area (Å²) in [5.74, 6) is 0.598. The second-order valence-corrected chi connectivity index (χ2v) is 5.52. The molecular formula is C20H19NO3. The molecule has 0 saturated heterocycles. The number of carbonyl (C=O) groups is 1. The fourth-order valence-electron chi connectivity index (χ4n) is 2.11. The van der Waals surface area contributed by atoms with Gasteiger partial charge in [-0.1, -0.05) is 38.1 Å². The van der Waals surface area contributed by atoms with Gasteiger partial charge in [0.2, 0.25) is 0 Å². The molecule has 2 aromatic carbocycles. The van der Waals surface area contributed by atoms with Crippen molar-refractivity contribution in [2.45, 2.75) is 13.8 Å². The molecule has 4 heteroatoms. The van der Waals surface area contributed by atoms with E-state index in [4.69, 9.17) is 9.47 Å². The van der Waals surface area contributed by atoms with Gasteiger partial charge >= 0.3 is 5.97 Å². The molecule has 0 bridgehead atoms. The number of hydrogen-bond donors (Lipinski definition) is 0. The van der Waals surface area contributed by atoms with Gasteiger partial charge in [-0.05, 0) is 35.9 Å². The van der Waals surface area contributed by atoms with Crippen molar-refractivity contribution in [1.29, 1.82) is 5.26 Å². The van der Waals surface area contributed by atoms with E-state index >= 15 is 0 Å². The number of nitrogens with zero attached hydrogens (tertiary/aromatic N) is 1. The van der Waals surface area contributed by atoms with Crippen LogP contribution >= 0.6 is 0 Å². The molecule has 0 aromatic heterocycles. The van der Waals surface area contributed by atoms with Crippen LogP contribution in [-0.4, -0.2) is 13.1 Å². The molecule has 0 aliphatic carbocycles. The van der Waals surface area contributed by atoms with Crippen LogP contribution in [0.15, 0.2) is 48.5 Å². The van der Waals surface area contributed by atoms with Crippen LogP contribution in [0.5, 0.6) is 11.5 Å². The van der Waals surface area contributed by atoms with E-state index < -0.39 is 0 Å². The smallest absolute Gasteiger partial charge is 0.313 e. The Morgan fingerprint density at radius 1 is 1.17 bits per heavy atom. The van der Waals surface area contributed by atoms with Crippen molar-refractivity contribution in [3.63, 3.8) is 0 Å². The Morgan fingerprint density at radius 2 is 1.92 bits per heavy atom. The number of hydrogen-bond acceptors (Lipinski definition) is 4. The van der Waals surface area contributed by atoms with Gasteiger partial charge in [0.05, 0.1) is 24.7 Å². The van der Waals surface area contributed by atoms with E-state index in [2.05, 4.69) is 6.07 Å². The number of ether oxygens (including phenoxy) is 2. The van der Waals surface area contributed by atoms with Gasteiger partial charge in [0, 0.05) is 5.56 Å². The normalized spacial score (nSPS) is 11.0. The predicted octanol–water partition coefficient (Wildman–Crippen LogP) is 4.32. The number of nitriles is 1. The third-order valence-corrected chi connectivity index (χ3v) is 3.38. The van der Waals surface area contributed by atoms with Crippen molar-refractivity contribution in [1.82, 2.24) is 0 Å². The van der Waals surface area contributed by atoms with Crippen LogP contribution in [0.1, 0.15) is 25.0 Å². The van der Waals surface area contributed by atoms with Crippen LogP contribution < -0.4 is 9.47 Å². The van der Waals surface area contributed by atoms with Gasteiger partial charge in [0.1, 0.15) is 11.5 Å². The van der Waals surface area contributed by atoms with E-state index in [-0.39, 0.29) is 11.9 Å². The standard InChI is InChI=1S/C20H19NO3/c1-14(2)20(22)24-17-8-6-7-15(12-17)11-16(13-21)18-9-4-5-10-19(18)23-3/h4-12,14H,1-3H3/b16-11-. The van der Waals surface area contributed by atoms with Crippen molar-refractivity contribution in [2.24, 2.45) is 5.92 Å². The number of benzene rings is 2. The zero-order chi connectivity index (χ0) is 17.5. The number of allylic oxidation sites excluding steroid dienone is 1. The summed E-state index contributed by atoms with van der Waals surface area (Å²) in [4.78, 5) is 11.7. The molecule has 0 fully saturated rings. The minimum atomic E-state index is -0.290. The summed E-state index contributed by atoms with van der Waals surface area (Å²) >= 11 is 0. The first kappa shape index (κ1) is 17.3. The topological polar surface area (TPSA) is 59.3 Å². The summed E-state index contributed by atoms with van der Waals surface area (Å²) in [6.07, 6.45) is 1.74. The van der Waals surface area contributed by atoms with E-state index in [1.165, 1.54) is 0 Å². The highest BCUT2D eigenvalue weighted by Crippen LogP contribution is 2.27. The van der Waals surface area contributed by atoms with Crippen LogP contribution in [0.4, 0.5) is 0 Å². The Bertz CT molecular complexity index is 801. The molecule has 0 atom stereocenters. The van der Waals surface area contributed by atoms with Gasteiger partial charge in [-0.15, -0.1) is 0 Å². The summed E-state index contributed by atoms with van der Waals surface area (Å²) in [5.41, 5.74) is 1.96. The fourth-order valence-corrected chi connectivity index (χ4v) is 2.11. The van der Waals surface area contributed by atoms with Crippen LogP contribution in [-0.2, 0) is 4.79 Å². The van der Waals surface area contributed by atoms with Crippen molar-refractivity contribution < 1.29 is 14.3 Å². The average Bonchev–Trinajstić information content (AvgIpc) is 2.60. The number of esters is 1. The summed E-state index contributed by atoms with van der Waals surface area (Å²) in [5, 5.41) is 9.49. The molecule has 4 nitrogen and oxygen atoms in total. The van der Waals surface area contributed by atoms with Gasteiger partial charge in [-0.25, -0.2) is 0 Å². The summed E-state index contributed by atoms with van der Waals surface area (Å²) in [7, 11) is 1.57. The predicted molar refractivity (Wildman–Crippen MR) is 93.4 cm³/mol. The molecule has 0 saturated carbocycles. The van der Waals surface area contributed by atoms with Gasteiger partial charge in [-0.2, -0.15) is 5.26 Å². The molecule has 0 aliphatic heterocycles. The second kappa shape index (κ2) is 7.98. The second-order valence-electron chi connectivity index (χ2n) is 5.52. The Labute approximate surface area is 141 Å². The molecule has 0 N–H and O–H groups in total. The quantitative estimate of drug-likeness (QED) is 0.356. The van der Waals surface area contributed by atoms with Gasteiger partial charge in [0.25, 0.3) is 0 Å². The van der Waals surface area contributed by atoms with Gasteiger partial charge in [0.15, 0.2) is 0 Å². The molecule has 0 spiro atoms. The van der Waals surface area contributed by atoms with E-state index in [1.807, 2.05) is 24.3 Å². The summed E-state index contributed by atoms with van der Waals surface area (Å²) in [6.45, 7) is 3.56. The van der Waals surface area contributed by atoms with E-state index in [0.717, 1.165) is 5.56 Å². The SMILES string of the molecule is COc1ccccc1/C(C#N)=C\c1cccc(OC(=O)C(C)C)c1. The number of carbonyl (C=O) groups excluding carboxylic acids is 1. The highest BCUT2D eigenvalue weighted by atomic mass is 16.5. The highest BCUT2D eigenvalue weighted by Gasteiger charge is 2.11. The maximum atomic E-state index is 11.7. The molecule has 24 heavy (non-hydrogen) atoms. The first-order valence-corrected chi connectivity index (χ1v) is 7.62. The Hall–Kier alpha value is -3.06. The number of methoxy groups -OCH3 is 1. The zero-order valence-corrected chi connectivity index (χ0v) is 13.9. The van der Waals surface area contributed by atoms with Crippen molar-refractivity contribution in [3.8, 4) is 17.6 Å². The minimum absolute atomic E-state index is 0.201. The molecule has 0 heterocycles. The maximum absolute atomic E-state index is 11.7. The van der Waals surface area contributed by atoms with Crippen LogP contribution in [0.2, 0.25) is 0 Å². The van der Waals surface area contributed by atoms with Gasteiger partial charge in [-0.3, -0.25) is 4.79 Å². The number of para-hydroxylation sites is 1. The lowest BCUT2D eigenvalue weighted by Crippen LogP contribution is -2.14. The maximum Gasteiger partial charge on any atom is 0.313 e. The third kappa shape index (κ3) is 4.23.